The topological polar surface area (TPSA) is 101 Å². The lowest BCUT2D eigenvalue weighted by atomic mass is 9.99. The van der Waals surface area contributed by atoms with Crippen LogP contribution in [0.2, 0.25) is 0 Å². The number of hydrogen-bond donors (Lipinski definition) is 5. The molecule has 0 aliphatic heterocycles. The van der Waals surface area contributed by atoms with Crippen molar-refractivity contribution >= 4 is 12.2 Å². The summed E-state index contributed by atoms with van der Waals surface area (Å²) in [6.07, 6.45) is 2.52. The van der Waals surface area contributed by atoms with Crippen molar-refractivity contribution in [1.29, 1.82) is 0 Å². The van der Waals surface area contributed by atoms with Gasteiger partial charge in [0.25, 0.3) is 0 Å². The van der Waals surface area contributed by atoms with Crippen molar-refractivity contribution in [2.45, 2.75) is 12.5 Å². The van der Waals surface area contributed by atoms with E-state index in [1.165, 1.54) is 12.1 Å². The Balaban J connectivity index is 2.34. The highest BCUT2D eigenvalue weighted by atomic mass is 16.3. The average molecular weight is 302 g/mol. The van der Waals surface area contributed by atoms with Gasteiger partial charge in [0, 0.05) is 18.1 Å². The standard InChI is InChI=1S/C17H18O5/c18-10-15(21)8-16-12(7-14(20)9-17(16)22)4-1-11-2-5-13(19)6-3-11/h1-7,9,15,18-22H,8,10H2. The zero-order valence-corrected chi connectivity index (χ0v) is 11.8. The van der Waals surface area contributed by atoms with Gasteiger partial charge in [-0.25, -0.2) is 0 Å². The Hall–Kier alpha value is -2.50. The summed E-state index contributed by atoms with van der Waals surface area (Å²) in [4.78, 5) is 0. The van der Waals surface area contributed by atoms with Gasteiger partial charge in [0.15, 0.2) is 0 Å². The van der Waals surface area contributed by atoms with Gasteiger partial charge in [-0.3, -0.25) is 0 Å². The predicted octanol–water partition coefficient (Wildman–Crippen LogP) is 1.87. The maximum Gasteiger partial charge on any atom is 0.123 e. The lowest BCUT2D eigenvalue weighted by molar-refractivity contribution is 0.0949. The number of aliphatic hydroxyl groups is 2. The van der Waals surface area contributed by atoms with Crippen LogP contribution in [0.15, 0.2) is 36.4 Å². The highest BCUT2D eigenvalue weighted by Crippen LogP contribution is 2.30. The molecule has 22 heavy (non-hydrogen) atoms. The van der Waals surface area contributed by atoms with Gasteiger partial charge in [0.05, 0.1) is 12.7 Å². The van der Waals surface area contributed by atoms with Crippen molar-refractivity contribution in [3.8, 4) is 17.2 Å². The summed E-state index contributed by atoms with van der Waals surface area (Å²) in [5.74, 6) is -0.0677. The second-order valence-electron chi connectivity index (χ2n) is 5.00. The molecule has 2 aromatic carbocycles. The Labute approximate surface area is 128 Å². The third kappa shape index (κ3) is 4.00. The van der Waals surface area contributed by atoms with E-state index in [0.717, 1.165) is 5.56 Å². The molecular formula is C17H18O5. The maximum absolute atomic E-state index is 9.93. The zero-order chi connectivity index (χ0) is 16.1. The molecule has 0 radical (unpaired) electrons. The minimum atomic E-state index is -0.990. The Kier molecular flexibility index (Phi) is 5.04. The van der Waals surface area contributed by atoms with Crippen LogP contribution < -0.4 is 0 Å². The maximum atomic E-state index is 9.93. The van der Waals surface area contributed by atoms with Crippen molar-refractivity contribution in [3.05, 3.63) is 53.1 Å². The van der Waals surface area contributed by atoms with Gasteiger partial charge in [-0.2, -0.15) is 0 Å². The molecule has 0 saturated heterocycles. The van der Waals surface area contributed by atoms with Crippen molar-refractivity contribution in [2.24, 2.45) is 0 Å². The Bertz CT molecular complexity index is 661. The largest absolute Gasteiger partial charge is 0.508 e. The minimum Gasteiger partial charge on any atom is -0.508 e. The summed E-state index contributed by atoms with van der Waals surface area (Å²) in [5.41, 5.74) is 1.81. The van der Waals surface area contributed by atoms with Gasteiger partial charge >= 0.3 is 0 Å². The summed E-state index contributed by atoms with van der Waals surface area (Å²) in [7, 11) is 0. The van der Waals surface area contributed by atoms with E-state index in [4.69, 9.17) is 5.11 Å². The van der Waals surface area contributed by atoms with Crippen LogP contribution in [-0.2, 0) is 6.42 Å². The predicted molar refractivity (Wildman–Crippen MR) is 83.6 cm³/mol. The van der Waals surface area contributed by atoms with Crippen LogP contribution in [0, 0.1) is 0 Å². The molecule has 0 bridgehead atoms. The number of benzene rings is 2. The van der Waals surface area contributed by atoms with Crippen LogP contribution in [0.5, 0.6) is 17.2 Å². The number of aromatic hydroxyl groups is 3. The molecule has 5 N–H and O–H groups in total. The molecule has 5 heteroatoms. The van der Waals surface area contributed by atoms with Crippen molar-refractivity contribution in [3.63, 3.8) is 0 Å². The molecule has 0 fully saturated rings. The molecule has 0 spiro atoms. The van der Waals surface area contributed by atoms with Crippen molar-refractivity contribution in [2.75, 3.05) is 6.61 Å². The average Bonchev–Trinajstić information content (AvgIpc) is 2.49. The fraction of sp³-hybridized carbons (Fsp3) is 0.176. The van der Waals surface area contributed by atoms with E-state index >= 15 is 0 Å². The Morgan fingerprint density at radius 2 is 1.59 bits per heavy atom. The number of aliphatic hydroxyl groups excluding tert-OH is 2. The normalized spacial score (nSPS) is 12.6. The third-order valence-corrected chi connectivity index (χ3v) is 3.24. The van der Waals surface area contributed by atoms with Gasteiger partial charge < -0.3 is 25.5 Å². The Morgan fingerprint density at radius 3 is 2.23 bits per heavy atom. The quantitative estimate of drug-likeness (QED) is 0.543. The van der Waals surface area contributed by atoms with Crippen LogP contribution in [0.4, 0.5) is 0 Å². The number of hydrogen-bond acceptors (Lipinski definition) is 5. The molecule has 1 atom stereocenters. The highest BCUT2D eigenvalue weighted by molar-refractivity contribution is 5.73. The number of phenolic OH excluding ortho intramolecular Hbond substituents is 3. The second-order valence-corrected chi connectivity index (χ2v) is 5.00. The Morgan fingerprint density at radius 1 is 0.909 bits per heavy atom. The summed E-state index contributed by atoms with van der Waals surface area (Å²) >= 11 is 0. The smallest absolute Gasteiger partial charge is 0.123 e. The second kappa shape index (κ2) is 6.98. The first kappa shape index (κ1) is 15.9. The molecule has 1 unspecified atom stereocenters. The van der Waals surface area contributed by atoms with Crippen LogP contribution in [0.1, 0.15) is 16.7 Å². The monoisotopic (exact) mass is 302 g/mol. The van der Waals surface area contributed by atoms with Gasteiger partial charge in [-0.05, 0) is 29.3 Å². The van der Waals surface area contributed by atoms with Crippen molar-refractivity contribution < 1.29 is 25.5 Å². The van der Waals surface area contributed by atoms with Gasteiger partial charge in [0.2, 0.25) is 0 Å². The third-order valence-electron chi connectivity index (χ3n) is 3.24. The van der Waals surface area contributed by atoms with Gasteiger partial charge in [0.1, 0.15) is 17.2 Å². The summed E-state index contributed by atoms with van der Waals surface area (Å²) in [6, 6.07) is 9.20. The lowest BCUT2D eigenvalue weighted by Gasteiger charge is -2.12. The van der Waals surface area contributed by atoms with E-state index in [1.807, 2.05) is 0 Å². The van der Waals surface area contributed by atoms with Crippen molar-refractivity contribution in [1.82, 2.24) is 0 Å². The van der Waals surface area contributed by atoms with E-state index in [0.29, 0.717) is 11.1 Å². The molecule has 0 aromatic heterocycles. The van der Waals surface area contributed by atoms with E-state index < -0.39 is 12.7 Å². The lowest BCUT2D eigenvalue weighted by Crippen LogP contribution is -2.15. The highest BCUT2D eigenvalue weighted by Gasteiger charge is 2.13. The first-order valence-corrected chi connectivity index (χ1v) is 6.80. The summed E-state index contributed by atoms with van der Waals surface area (Å²) < 4.78 is 0. The minimum absolute atomic E-state index is 0.0673. The molecular weight excluding hydrogens is 284 g/mol. The molecule has 0 heterocycles. The van der Waals surface area contributed by atoms with E-state index in [1.54, 1.807) is 36.4 Å². The first-order chi connectivity index (χ1) is 10.5. The van der Waals surface area contributed by atoms with Crippen LogP contribution >= 0.6 is 0 Å². The fourth-order valence-electron chi connectivity index (χ4n) is 2.11. The molecule has 0 saturated carbocycles. The molecule has 5 nitrogen and oxygen atoms in total. The first-order valence-electron chi connectivity index (χ1n) is 6.80. The van der Waals surface area contributed by atoms with E-state index in [9.17, 15) is 20.4 Å². The molecule has 2 aromatic rings. The molecule has 2 rings (SSSR count). The molecule has 0 aliphatic carbocycles. The van der Waals surface area contributed by atoms with Gasteiger partial charge in [-0.1, -0.05) is 24.3 Å². The molecule has 116 valence electrons. The molecule has 0 aliphatic rings. The van der Waals surface area contributed by atoms with E-state index in [-0.39, 0.29) is 23.7 Å². The zero-order valence-electron chi connectivity index (χ0n) is 11.8. The fourth-order valence-corrected chi connectivity index (χ4v) is 2.11. The van der Waals surface area contributed by atoms with Crippen LogP contribution in [0.25, 0.3) is 12.2 Å². The van der Waals surface area contributed by atoms with Gasteiger partial charge in [-0.15, -0.1) is 0 Å². The van der Waals surface area contributed by atoms with Crippen LogP contribution in [-0.4, -0.2) is 38.2 Å². The summed E-state index contributed by atoms with van der Waals surface area (Å²) in [6.45, 7) is -0.415. The van der Waals surface area contributed by atoms with Crippen LogP contribution in [0.3, 0.4) is 0 Å². The number of phenols is 3. The van der Waals surface area contributed by atoms with E-state index in [2.05, 4.69) is 0 Å². The SMILES string of the molecule is OCC(O)Cc1c(O)cc(O)cc1C=Cc1ccc(O)cc1. The number of rotatable bonds is 5. The summed E-state index contributed by atoms with van der Waals surface area (Å²) in [5, 5.41) is 47.3. The molecule has 0 amide bonds.